The van der Waals surface area contributed by atoms with Crippen molar-refractivity contribution < 1.29 is 14.0 Å². The molecule has 0 bridgehead atoms. The zero-order chi connectivity index (χ0) is 20.9. The zero-order valence-electron chi connectivity index (χ0n) is 16.3. The maximum absolute atomic E-state index is 13.5. The summed E-state index contributed by atoms with van der Waals surface area (Å²) in [6.07, 6.45) is 1.90. The number of hydrogen-bond donors (Lipinski definition) is 2. The van der Waals surface area contributed by atoms with Gasteiger partial charge in [-0.2, -0.15) is 5.10 Å². The van der Waals surface area contributed by atoms with Crippen LogP contribution in [0.3, 0.4) is 0 Å². The first kappa shape index (κ1) is 19.7. The third-order valence-electron chi connectivity index (χ3n) is 5.63. The van der Waals surface area contributed by atoms with E-state index in [1.54, 1.807) is 9.58 Å². The Balaban J connectivity index is 1.59. The Morgan fingerprint density at radius 3 is 2.66 bits per heavy atom. The molecule has 3 amide bonds. The standard InChI is InChI=1S/C20H23ClFN5O2/c1-20(2)8-12(9-20)24-19(29)26-5-6-27-15(10-26)16(18(23)28)17(25-27)11-3-4-14(22)13(21)7-11/h3-4,7,12H,5-6,8-10H2,1-2H3,(H2,23,28)(H,24,29). The maximum atomic E-state index is 13.5. The number of halogens is 2. The number of benzene rings is 1. The number of carbonyl (C=O) groups excluding carboxylic acids is 2. The number of primary amides is 1. The fourth-order valence-corrected chi connectivity index (χ4v) is 4.42. The Bertz CT molecular complexity index is 995. The number of hydrogen-bond acceptors (Lipinski definition) is 3. The van der Waals surface area contributed by atoms with E-state index in [9.17, 15) is 14.0 Å². The summed E-state index contributed by atoms with van der Waals surface area (Å²) in [7, 11) is 0. The first-order valence-corrected chi connectivity index (χ1v) is 9.93. The average molecular weight is 420 g/mol. The van der Waals surface area contributed by atoms with Crippen LogP contribution in [0.4, 0.5) is 9.18 Å². The van der Waals surface area contributed by atoms with Crippen molar-refractivity contribution in [2.24, 2.45) is 11.1 Å². The predicted molar refractivity (Wildman–Crippen MR) is 107 cm³/mol. The highest BCUT2D eigenvalue weighted by Crippen LogP contribution is 2.40. The summed E-state index contributed by atoms with van der Waals surface area (Å²) in [6.45, 7) is 5.49. The molecule has 0 spiro atoms. The minimum absolute atomic E-state index is 0.0617. The fourth-order valence-electron chi connectivity index (χ4n) is 4.24. The van der Waals surface area contributed by atoms with Crippen molar-refractivity contribution in [1.29, 1.82) is 0 Å². The highest BCUT2D eigenvalue weighted by Gasteiger charge is 2.38. The van der Waals surface area contributed by atoms with E-state index in [0.29, 0.717) is 30.0 Å². The van der Waals surface area contributed by atoms with E-state index in [4.69, 9.17) is 17.3 Å². The largest absolute Gasteiger partial charge is 0.365 e. The quantitative estimate of drug-likeness (QED) is 0.800. The third-order valence-corrected chi connectivity index (χ3v) is 5.92. The van der Waals surface area contributed by atoms with Crippen molar-refractivity contribution in [2.45, 2.75) is 45.8 Å². The van der Waals surface area contributed by atoms with Gasteiger partial charge in [0.1, 0.15) is 11.5 Å². The molecular weight excluding hydrogens is 397 g/mol. The van der Waals surface area contributed by atoms with Gasteiger partial charge in [0.05, 0.1) is 29.4 Å². The highest BCUT2D eigenvalue weighted by atomic mass is 35.5. The Morgan fingerprint density at radius 1 is 1.31 bits per heavy atom. The molecule has 2 aliphatic rings. The number of nitrogens with one attached hydrogen (secondary N) is 1. The number of aromatic nitrogens is 2. The van der Waals surface area contributed by atoms with Gasteiger partial charge in [-0.3, -0.25) is 9.48 Å². The van der Waals surface area contributed by atoms with Gasteiger partial charge in [-0.15, -0.1) is 0 Å². The van der Waals surface area contributed by atoms with Crippen LogP contribution in [0.15, 0.2) is 18.2 Å². The van der Waals surface area contributed by atoms with Crippen molar-refractivity contribution in [3.8, 4) is 11.3 Å². The molecule has 1 aromatic heterocycles. The lowest BCUT2D eigenvalue weighted by Crippen LogP contribution is -2.53. The van der Waals surface area contributed by atoms with Gasteiger partial charge < -0.3 is 16.0 Å². The summed E-state index contributed by atoms with van der Waals surface area (Å²) in [5.41, 5.74) is 7.55. The summed E-state index contributed by atoms with van der Waals surface area (Å²) >= 11 is 5.89. The van der Waals surface area contributed by atoms with Gasteiger partial charge in [0.25, 0.3) is 5.91 Å². The van der Waals surface area contributed by atoms with Gasteiger partial charge in [-0.1, -0.05) is 25.4 Å². The molecule has 1 aromatic carbocycles. The lowest BCUT2D eigenvalue weighted by molar-refractivity contribution is 0.0994. The van der Waals surface area contributed by atoms with E-state index in [1.165, 1.54) is 18.2 Å². The molecule has 1 saturated carbocycles. The highest BCUT2D eigenvalue weighted by molar-refractivity contribution is 6.31. The predicted octanol–water partition coefficient (Wildman–Crippen LogP) is 3.16. The first-order chi connectivity index (χ1) is 13.6. The molecule has 7 nitrogen and oxygen atoms in total. The van der Waals surface area contributed by atoms with Crippen molar-refractivity contribution >= 4 is 23.5 Å². The SMILES string of the molecule is CC1(C)CC(NC(=O)N2CCn3nc(-c4ccc(F)c(Cl)c4)c(C(N)=O)c3C2)C1. The van der Waals surface area contributed by atoms with Crippen molar-refractivity contribution in [1.82, 2.24) is 20.0 Å². The molecule has 9 heteroatoms. The van der Waals surface area contributed by atoms with Crippen LogP contribution in [0.2, 0.25) is 5.02 Å². The van der Waals surface area contributed by atoms with Gasteiger partial charge in [-0.25, -0.2) is 9.18 Å². The Kier molecular flexibility index (Phi) is 4.77. The molecule has 3 N–H and O–H groups in total. The van der Waals surface area contributed by atoms with E-state index in [0.717, 1.165) is 12.8 Å². The maximum Gasteiger partial charge on any atom is 0.318 e. The number of amides is 3. The van der Waals surface area contributed by atoms with E-state index < -0.39 is 11.7 Å². The lowest BCUT2D eigenvalue weighted by atomic mass is 9.68. The minimum Gasteiger partial charge on any atom is -0.365 e. The van der Waals surface area contributed by atoms with Crippen LogP contribution in [0.5, 0.6) is 0 Å². The zero-order valence-corrected chi connectivity index (χ0v) is 17.1. The number of carbonyl (C=O) groups is 2. The summed E-state index contributed by atoms with van der Waals surface area (Å²) in [5, 5.41) is 7.48. The molecule has 0 atom stereocenters. The number of nitrogens with zero attached hydrogens (tertiary/aromatic N) is 3. The Labute approximate surface area is 173 Å². The topological polar surface area (TPSA) is 93.2 Å². The van der Waals surface area contributed by atoms with Crippen LogP contribution in [-0.4, -0.2) is 39.2 Å². The molecule has 4 rings (SSSR count). The van der Waals surface area contributed by atoms with Crippen molar-refractivity contribution in [2.75, 3.05) is 6.54 Å². The van der Waals surface area contributed by atoms with Crippen LogP contribution in [0.25, 0.3) is 11.3 Å². The summed E-state index contributed by atoms with van der Waals surface area (Å²) in [6, 6.07) is 4.17. The van der Waals surface area contributed by atoms with Crippen LogP contribution in [0, 0.1) is 11.2 Å². The van der Waals surface area contributed by atoms with Crippen molar-refractivity contribution in [3.05, 3.63) is 40.3 Å². The second-order valence-corrected chi connectivity index (χ2v) is 8.93. The average Bonchev–Trinajstić information content (AvgIpc) is 3.01. The van der Waals surface area contributed by atoms with Crippen LogP contribution in [0.1, 0.15) is 42.7 Å². The molecule has 0 radical (unpaired) electrons. The van der Waals surface area contributed by atoms with Gasteiger partial charge >= 0.3 is 6.03 Å². The summed E-state index contributed by atoms with van der Waals surface area (Å²) < 4.78 is 15.2. The van der Waals surface area contributed by atoms with E-state index in [-0.39, 0.29) is 34.6 Å². The summed E-state index contributed by atoms with van der Waals surface area (Å²) in [4.78, 5) is 26.5. The number of rotatable bonds is 3. The van der Waals surface area contributed by atoms with Gasteiger partial charge in [0, 0.05) is 18.2 Å². The van der Waals surface area contributed by atoms with Crippen LogP contribution in [-0.2, 0) is 13.1 Å². The van der Waals surface area contributed by atoms with Gasteiger partial charge in [-0.05, 0) is 36.5 Å². The molecule has 1 aliphatic heterocycles. The molecular formula is C20H23ClFN5O2. The smallest absolute Gasteiger partial charge is 0.318 e. The number of urea groups is 1. The summed E-state index contributed by atoms with van der Waals surface area (Å²) in [5.74, 6) is -1.20. The molecule has 0 saturated heterocycles. The molecule has 2 heterocycles. The molecule has 29 heavy (non-hydrogen) atoms. The van der Waals surface area contributed by atoms with E-state index >= 15 is 0 Å². The monoisotopic (exact) mass is 419 g/mol. The van der Waals surface area contributed by atoms with Gasteiger partial charge in [0.15, 0.2) is 0 Å². The number of fused-ring (bicyclic) bond motifs is 1. The number of nitrogens with two attached hydrogens (primary N) is 1. The second-order valence-electron chi connectivity index (χ2n) is 8.53. The third kappa shape index (κ3) is 3.69. The second kappa shape index (κ2) is 7.02. The molecule has 0 unspecified atom stereocenters. The van der Waals surface area contributed by atoms with E-state index in [1.807, 2.05) is 0 Å². The van der Waals surface area contributed by atoms with Gasteiger partial charge in [0.2, 0.25) is 0 Å². The van der Waals surface area contributed by atoms with Crippen LogP contribution < -0.4 is 11.1 Å². The first-order valence-electron chi connectivity index (χ1n) is 9.55. The van der Waals surface area contributed by atoms with Crippen molar-refractivity contribution in [3.63, 3.8) is 0 Å². The fraction of sp³-hybridized carbons (Fsp3) is 0.450. The normalized spacial score (nSPS) is 18.1. The molecule has 1 fully saturated rings. The lowest BCUT2D eigenvalue weighted by Gasteiger charge is -2.43. The Morgan fingerprint density at radius 2 is 2.03 bits per heavy atom. The van der Waals surface area contributed by atoms with E-state index in [2.05, 4.69) is 24.3 Å². The Hall–Kier alpha value is -2.61. The van der Waals surface area contributed by atoms with Crippen LogP contribution >= 0.6 is 11.6 Å². The minimum atomic E-state index is -0.648. The molecule has 2 aromatic rings. The molecule has 154 valence electrons. The molecule has 1 aliphatic carbocycles.